The molecule has 5 heteroatoms. The summed E-state index contributed by atoms with van der Waals surface area (Å²) in [5, 5.41) is 53.0. The van der Waals surface area contributed by atoms with E-state index in [9.17, 15) is 25.5 Å². The van der Waals surface area contributed by atoms with Crippen LogP contribution in [0.4, 0.5) is 0 Å². The third-order valence-corrected chi connectivity index (χ3v) is 7.78. The molecule has 10 unspecified atom stereocenters. The van der Waals surface area contributed by atoms with E-state index in [4.69, 9.17) is 0 Å². The number of hydrogen-bond acceptors (Lipinski definition) is 5. The molecule has 0 radical (unpaired) electrons. The fraction of sp³-hybridized carbons (Fsp3) is 1.00. The Hall–Kier alpha value is -0.200. The SMILES string of the molecule is CC1C2CC(O)CC2(O)C(O)CC23CC(O)C(CCC12)C3O. The van der Waals surface area contributed by atoms with Crippen LogP contribution in [-0.4, -0.2) is 55.5 Å². The van der Waals surface area contributed by atoms with Gasteiger partial charge in [0.05, 0.1) is 30.0 Å². The molecule has 4 aliphatic carbocycles. The van der Waals surface area contributed by atoms with Gasteiger partial charge in [-0.2, -0.15) is 0 Å². The van der Waals surface area contributed by atoms with Gasteiger partial charge >= 0.3 is 0 Å². The van der Waals surface area contributed by atoms with Crippen LogP contribution in [0.1, 0.15) is 45.4 Å². The van der Waals surface area contributed by atoms with E-state index in [0.29, 0.717) is 19.3 Å². The van der Waals surface area contributed by atoms with Gasteiger partial charge in [0.1, 0.15) is 0 Å². The summed E-state index contributed by atoms with van der Waals surface area (Å²) in [6, 6.07) is 0. The summed E-state index contributed by atoms with van der Waals surface area (Å²) in [7, 11) is 0. The molecule has 0 aromatic carbocycles. The number of aliphatic hydroxyl groups excluding tert-OH is 4. The Morgan fingerprint density at radius 1 is 0.909 bits per heavy atom. The Bertz CT molecular complexity index is 470. The predicted molar refractivity (Wildman–Crippen MR) is 78.7 cm³/mol. The van der Waals surface area contributed by atoms with Crippen molar-refractivity contribution in [2.75, 3.05) is 0 Å². The average Bonchev–Trinajstić information content (AvgIpc) is 2.79. The Morgan fingerprint density at radius 3 is 2.36 bits per heavy atom. The smallest absolute Gasteiger partial charge is 0.0961 e. The van der Waals surface area contributed by atoms with Crippen LogP contribution in [0, 0.1) is 29.1 Å². The lowest BCUT2D eigenvalue weighted by Gasteiger charge is -2.47. The van der Waals surface area contributed by atoms with Gasteiger partial charge in [0.2, 0.25) is 0 Å². The van der Waals surface area contributed by atoms with Crippen LogP contribution in [0.3, 0.4) is 0 Å². The average molecular weight is 312 g/mol. The molecule has 0 aliphatic heterocycles. The van der Waals surface area contributed by atoms with E-state index in [1.807, 2.05) is 0 Å². The topological polar surface area (TPSA) is 101 Å². The van der Waals surface area contributed by atoms with Crippen LogP contribution in [0.25, 0.3) is 0 Å². The normalized spacial score (nSPS) is 64.1. The van der Waals surface area contributed by atoms with E-state index in [2.05, 4.69) is 6.92 Å². The van der Waals surface area contributed by atoms with Crippen molar-refractivity contribution in [3.8, 4) is 0 Å². The van der Waals surface area contributed by atoms with Gasteiger partial charge in [0.25, 0.3) is 0 Å². The van der Waals surface area contributed by atoms with Crippen molar-refractivity contribution in [3.05, 3.63) is 0 Å². The van der Waals surface area contributed by atoms with Gasteiger partial charge in [-0.1, -0.05) is 6.92 Å². The Balaban J connectivity index is 1.77. The Labute approximate surface area is 131 Å². The lowest BCUT2D eigenvalue weighted by molar-refractivity contribution is -0.119. The molecule has 4 aliphatic rings. The highest BCUT2D eigenvalue weighted by atomic mass is 16.3. The number of fused-ring (bicyclic) bond motifs is 2. The molecular formula is C17H28O5. The monoisotopic (exact) mass is 312 g/mol. The van der Waals surface area contributed by atoms with Crippen molar-refractivity contribution in [1.82, 2.24) is 0 Å². The number of rotatable bonds is 0. The highest BCUT2D eigenvalue weighted by molar-refractivity contribution is 5.16. The molecule has 22 heavy (non-hydrogen) atoms. The van der Waals surface area contributed by atoms with E-state index in [1.54, 1.807) is 0 Å². The quantitative estimate of drug-likeness (QED) is 0.434. The van der Waals surface area contributed by atoms with Gasteiger partial charge in [-0.05, 0) is 49.9 Å². The first kappa shape index (κ1) is 15.3. The van der Waals surface area contributed by atoms with Gasteiger partial charge in [0.15, 0.2) is 0 Å². The first-order valence-corrected chi connectivity index (χ1v) is 8.74. The van der Waals surface area contributed by atoms with Gasteiger partial charge in [0, 0.05) is 17.8 Å². The number of hydrogen-bond donors (Lipinski definition) is 5. The van der Waals surface area contributed by atoms with E-state index >= 15 is 0 Å². The van der Waals surface area contributed by atoms with E-state index in [0.717, 1.165) is 12.8 Å². The van der Waals surface area contributed by atoms with Crippen molar-refractivity contribution in [3.63, 3.8) is 0 Å². The largest absolute Gasteiger partial charge is 0.393 e. The van der Waals surface area contributed by atoms with Crippen LogP contribution < -0.4 is 0 Å². The zero-order chi connectivity index (χ0) is 15.9. The predicted octanol–water partition coefficient (Wildman–Crippen LogP) is 0.0272. The summed E-state index contributed by atoms with van der Waals surface area (Å²) in [6.07, 6.45) is 0.725. The molecule has 0 aromatic heterocycles. The van der Waals surface area contributed by atoms with Crippen molar-refractivity contribution < 1.29 is 25.5 Å². The van der Waals surface area contributed by atoms with Crippen molar-refractivity contribution >= 4 is 0 Å². The zero-order valence-corrected chi connectivity index (χ0v) is 13.1. The summed E-state index contributed by atoms with van der Waals surface area (Å²) in [6.45, 7) is 2.09. The molecule has 1 spiro atoms. The molecular weight excluding hydrogens is 284 g/mol. The maximum absolute atomic E-state index is 11.1. The minimum absolute atomic E-state index is 0.0891. The van der Waals surface area contributed by atoms with E-state index in [1.165, 1.54) is 0 Å². The summed E-state index contributed by atoms with van der Waals surface area (Å²) < 4.78 is 0. The van der Waals surface area contributed by atoms with Gasteiger partial charge < -0.3 is 25.5 Å². The minimum atomic E-state index is -1.26. The van der Waals surface area contributed by atoms with Gasteiger partial charge in [-0.25, -0.2) is 0 Å². The molecule has 0 saturated heterocycles. The van der Waals surface area contributed by atoms with Gasteiger partial charge in [-0.3, -0.25) is 0 Å². The Morgan fingerprint density at radius 2 is 1.64 bits per heavy atom. The lowest BCUT2D eigenvalue weighted by atomic mass is 9.59. The second-order valence-electron chi connectivity index (χ2n) is 8.57. The Kier molecular flexibility index (Phi) is 3.25. The number of aliphatic hydroxyl groups is 5. The zero-order valence-electron chi connectivity index (χ0n) is 13.1. The maximum Gasteiger partial charge on any atom is 0.0961 e. The molecule has 4 saturated carbocycles. The van der Waals surface area contributed by atoms with Gasteiger partial charge in [-0.15, -0.1) is 0 Å². The molecule has 0 amide bonds. The third-order valence-electron chi connectivity index (χ3n) is 7.78. The first-order valence-electron chi connectivity index (χ1n) is 8.74. The summed E-state index contributed by atoms with van der Waals surface area (Å²) in [4.78, 5) is 0. The molecule has 126 valence electrons. The van der Waals surface area contributed by atoms with Crippen LogP contribution in [0.15, 0.2) is 0 Å². The molecule has 0 aromatic rings. The minimum Gasteiger partial charge on any atom is -0.393 e. The molecule has 2 bridgehead atoms. The molecule has 4 rings (SSSR count). The fourth-order valence-electron chi connectivity index (χ4n) is 6.80. The van der Waals surface area contributed by atoms with Crippen LogP contribution >= 0.6 is 0 Å². The summed E-state index contributed by atoms with van der Waals surface area (Å²) in [5.74, 6) is 0.0901. The summed E-state index contributed by atoms with van der Waals surface area (Å²) in [5.41, 5.74) is -1.74. The summed E-state index contributed by atoms with van der Waals surface area (Å²) >= 11 is 0. The molecule has 4 fully saturated rings. The third kappa shape index (κ3) is 1.72. The molecule has 10 atom stereocenters. The van der Waals surface area contributed by atoms with Crippen LogP contribution in [-0.2, 0) is 0 Å². The first-order chi connectivity index (χ1) is 10.3. The van der Waals surface area contributed by atoms with E-state index in [-0.39, 0.29) is 30.1 Å². The molecule has 5 N–H and O–H groups in total. The lowest BCUT2D eigenvalue weighted by Crippen LogP contribution is -2.48. The van der Waals surface area contributed by atoms with Crippen molar-refractivity contribution in [2.24, 2.45) is 29.1 Å². The second-order valence-corrected chi connectivity index (χ2v) is 8.57. The van der Waals surface area contributed by atoms with Crippen LogP contribution in [0.5, 0.6) is 0 Å². The van der Waals surface area contributed by atoms with Crippen LogP contribution in [0.2, 0.25) is 0 Å². The molecule has 0 heterocycles. The second kappa shape index (κ2) is 4.67. The standard InChI is InChI=1S/C17H28O5/c1-8-11-3-2-10-13(19)6-16(11,15(10)21)7-14(20)17(22)5-9(18)4-12(8)17/h8-15,18-22H,2-7H2,1H3. The highest BCUT2D eigenvalue weighted by Crippen LogP contribution is 2.64. The maximum atomic E-state index is 11.1. The highest BCUT2D eigenvalue weighted by Gasteiger charge is 2.67. The van der Waals surface area contributed by atoms with E-state index < -0.39 is 35.4 Å². The van der Waals surface area contributed by atoms with Crippen molar-refractivity contribution in [1.29, 1.82) is 0 Å². The van der Waals surface area contributed by atoms with Crippen molar-refractivity contribution in [2.45, 2.75) is 75.5 Å². The fourth-order valence-corrected chi connectivity index (χ4v) is 6.80. The molecule has 5 nitrogen and oxygen atoms in total.